The Morgan fingerprint density at radius 3 is 2.94 bits per heavy atom. The number of terminal acetylenes is 1. The molecule has 1 aliphatic rings. The molecular weight excluding hydrogens is 222 g/mol. The minimum Gasteiger partial charge on any atom is -0.307 e. The van der Waals surface area contributed by atoms with Gasteiger partial charge >= 0.3 is 0 Å². The van der Waals surface area contributed by atoms with Crippen LogP contribution in [0.4, 0.5) is 0 Å². The van der Waals surface area contributed by atoms with Gasteiger partial charge in [0.05, 0.1) is 6.54 Å². The van der Waals surface area contributed by atoms with E-state index in [0.717, 1.165) is 19.6 Å². The fraction of sp³-hybridized carbons (Fsp3) is 0.533. The lowest BCUT2D eigenvalue weighted by Crippen LogP contribution is -2.43. The first-order valence-electron chi connectivity index (χ1n) is 6.61. The van der Waals surface area contributed by atoms with E-state index in [2.05, 4.69) is 34.1 Å². The third-order valence-electron chi connectivity index (χ3n) is 3.57. The Kier molecular flexibility index (Phi) is 4.74. The maximum Gasteiger partial charge on any atom is 0.0598 e. The predicted molar refractivity (Wildman–Crippen MR) is 74.1 cm³/mol. The molecule has 0 aliphatic carbocycles. The van der Waals surface area contributed by atoms with Crippen LogP contribution in [0.5, 0.6) is 0 Å². The summed E-state index contributed by atoms with van der Waals surface area (Å²) in [5.41, 5.74) is 1.25. The van der Waals surface area contributed by atoms with Gasteiger partial charge in [0.1, 0.15) is 0 Å². The Morgan fingerprint density at radius 1 is 1.56 bits per heavy atom. The second-order valence-electron chi connectivity index (χ2n) is 4.93. The molecule has 1 aromatic heterocycles. The van der Waals surface area contributed by atoms with E-state index in [4.69, 9.17) is 6.42 Å². The highest BCUT2D eigenvalue weighted by Crippen LogP contribution is 2.16. The van der Waals surface area contributed by atoms with E-state index in [1.54, 1.807) is 0 Å². The van der Waals surface area contributed by atoms with Crippen LogP contribution in [-0.2, 0) is 0 Å². The van der Waals surface area contributed by atoms with Crippen LogP contribution in [0, 0.1) is 12.3 Å². The molecule has 3 nitrogen and oxygen atoms in total. The number of aromatic nitrogens is 1. The van der Waals surface area contributed by atoms with E-state index in [1.165, 1.54) is 18.4 Å². The highest BCUT2D eigenvalue weighted by molar-refractivity contribution is 5.13. The molecule has 96 valence electrons. The summed E-state index contributed by atoms with van der Waals surface area (Å²) in [4.78, 5) is 6.51. The number of hydrogen-bond acceptors (Lipinski definition) is 3. The van der Waals surface area contributed by atoms with Crippen LogP contribution in [0.25, 0.3) is 0 Å². The smallest absolute Gasteiger partial charge is 0.0598 e. The van der Waals surface area contributed by atoms with E-state index in [9.17, 15) is 0 Å². The lowest BCUT2D eigenvalue weighted by atomic mass is 10.0. The molecule has 1 atom stereocenters. The Bertz CT molecular complexity index is 388. The fourth-order valence-electron chi connectivity index (χ4n) is 2.47. The first kappa shape index (κ1) is 13.1. The average Bonchev–Trinajstić information content (AvgIpc) is 2.42. The van der Waals surface area contributed by atoms with Crippen LogP contribution in [0.2, 0.25) is 0 Å². The second kappa shape index (κ2) is 6.53. The summed E-state index contributed by atoms with van der Waals surface area (Å²) in [7, 11) is 0. The molecule has 3 heteroatoms. The molecule has 1 unspecified atom stereocenters. The van der Waals surface area contributed by atoms with Gasteiger partial charge in [0.15, 0.2) is 0 Å². The zero-order chi connectivity index (χ0) is 12.8. The summed E-state index contributed by atoms with van der Waals surface area (Å²) in [6.07, 6.45) is 11.4. The van der Waals surface area contributed by atoms with Crippen molar-refractivity contribution in [3.05, 3.63) is 30.1 Å². The largest absolute Gasteiger partial charge is 0.307 e. The number of pyridine rings is 1. The van der Waals surface area contributed by atoms with Crippen LogP contribution < -0.4 is 5.32 Å². The standard InChI is InChI=1S/C15H21N3/c1-3-9-18-10-6-15(7-11-18)17-13(2)14-5-4-8-16-12-14/h1,4-5,8,12-13,15,17H,6-7,9-11H2,2H3. The first-order chi connectivity index (χ1) is 8.79. The van der Waals surface area contributed by atoms with Crippen molar-refractivity contribution < 1.29 is 0 Å². The zero-order valence-corrected chi connectivity index (χ0v) is 11.0. The number of likely N-dealkylation sites (tertiary alicyclic amines) is 1. The molecule has 1 aliphatic heterocycles. The van der Waals surface area contributed by atoms with Gasteiger partial charge in [-0.25, -0.2) is 0 Å². The summed E-state index contributed by atoms with van der Waals surface area (Å²) >= 11 is 0. The lowest BCUT2D eigenvalue weighted by Gasteiger charge is -2.32. The summed E-state index contributed by atoms with van der Waals surface area (Å²) in [5, 5.41) is 3.68. The highest BCUT2D eigenvalue weighted by atomic mass is 15.1. The van der Waals surface area contributed by atoms with Crippen LogP contribution in [-0.4, -0.2) is 35.6 Å². The minimum absolute atomic E-state index is 0.364. The number of nitrogens with zero attached hydrogens (tertiary/aromatic N) is 2. The van der Waals surface area contributed by atoms with Gasteiger partial charge in [-0.15, -0.1) is 6.42 Å². The van der Waals surface area contributed by atoms with Gasteiger partial charge in [-0.2, -0.15) is 0 Å². The normalized spacial score (nSPS) is 19.3. The highest BCUT2D eigenvalue weighted by Gasteiger charge is 2.20. The topological polar surface area (TPSA) is 28.2 Å². The lowest BCUT2D eigenvalue weighted by molar-refractivity contribution is 0.211. The van der Waals surface area contributed by atoms with E-state index >= 15 is 0 Å². The molecule has 0 amide bonds. The van der Waals surface area contributed by atoms with Crippen molar-refractivity contribution in [2.75, 3.05) is 19.6 Å². The van der Waals surface area contributed by atoms with Gasteiger partial charge in [0.25, 0.3) is 0 Å². The molecule has 0 saturated carbocycles. The van der Waals surface area contributed by atoms with E-state index in [-0.39, 0.29) is 0 Å². The quantitative estimate of drug-likeness (QED) is 0.818. The van der Waals surface area contributed by atoms with E-state index < -0.39 is 0 Å². The summed E-state index contributed by atoms with van der Waals surface area (Å²) in [6.45, 7) is 5.18. The van der Waals surface area contributed by atoms with Gasteiger partial charge in [-0.3, -0.25) is 9.88 Å². The van der Waals surface area contributed by atoms with Gasteiger partial charge in [0.2, 0.25) is 0 Å². The summed E-state index contributed by atoms with van der Waals surface area (Å²) < 4.78 is 0. The van der Waals surface area contributed by atoms with E-state index in [0.29, 0.717) is 12.1 Å². The fourth-order valence-corrected chi connectivity index (χ4v) is 2.47. The maximum atomic E-state index is 5.34. The number of hydrogen-bond donors (Lipinski definition) is 1. The number of rotatable bonds is 4. The molecule has 0 spiro atoms. The second-order valence-corrected chi connectivity index (χ2v) is 4.93. The molecule has 1 N–H and O–H groups in total. The molecule has 0 bridgehead atoms. The summed E-state index contributed by atoms with van der Waals surface area (Å²) in [6, 6.07) is 5.07. The van der Waals surface area contributed by atoms with Crippen LogP contribution >= 0.6 is 0 Å². The first-order valence-corrected chi connectivity index (χ1v) is 6.61. The van der Waals surface area contributed by atoms with Crippen molar-refractivity contribution >= 4 is 0 Å². The van der Waals surface area contributed by atoms with Crippen LogP contribution in [0.3, 0.4) is 0 Å². The van der Waals surface area contributed by atoms with Gasteiger partial charge in [-0.1, -0.05) is 12.0 Å². The van der Waals surface area contributed by atoms with Gasteiger partial charge in [0, 0.05) is 37.6 Å². The van der Waals surface area contributed by atoms with Gasteiger partial charge in [-0.05, 0) is 31.4 Å². The van der Waals surface area contributed by atoms with E-state index in [1.807, 2.05) is 18.5 Å². The third kappa shape index (κ3) is 3.56. The van der Waals surface area contributed by atoms with Crippen molar-refractivity contribution in [3.63, 3.8) is 0 Å². The number of nitrogens with one attached hydrogen (secondary N) is 1. The van der Waals surface area contributed by atoms with Crippen molar-refractivity contribution in [2.45, 2.75) is 31.8 Å². The monoisotopic (exact) mass is 243 g/mol. The molecule has 18 heavy (non-hydrogen) atoms. The van der Waals surface area contributed by atoms with Crippen molar-refractivity contribution in [2.24, 2.45) is 0 Å². The maximum absolute atomic E-state index is 5.34. The molecular formula is C15H21N3. The Morgan fingerprint density at radius 2 is 2.33 bits per heavy atom. The molecule has 1 fully saturated rings. The molecule has 2 heterocycles. The van der Waals surface area contributed by atoms with Crippen LogP contribution in [0.15, 0.2) is 24.5 Å². The molecule has 1 aromatic rings. The van der Waals surface area contributed by atoms with Crippen molar-refractivity contribution in [3.8, 4) is 12.3 Å². The Hall–Kier alpha value is -1.37. The molecule has 0 radical (unpaired) electrons. The SMILES string of the molecule is C#CCN1CCC(NC(C)c2cccnc2)CC1. The van der Waals surface area contributed by atoms with Crippen LogP contribution in [0.1, 0.15) is 31.4 Å². The molecule has 1 saturated heterocycles. The van der Waals surface area contributed by atoms with Crippen molar-refractivity contribution in [1.29, 1.82) is 0 Å². The van der Waals surface area contributed by atoms with Gasteiger partial charge < -0.3 is 5.32 Å². The molecule has 0 aromatic carbocycles. The third-order valence-corrected chi connectivity index (χ3v) is 3.57. The Labute approximate surface area is 110 Å². The predicted octanol–water partition coefficient (Wildman–Crippen LogP) is 1.83. The minimum atomic E-state index is 0.364. The Balaban J connectivity index is 1.80. The van der Waals surface area contributed by atoms with Crippen molar-refractivity contribution in [1.82, 2.24) is 15.2 Å². The zero-order valence-electron chi connectivity index (χ0n) is 11.0. The summed E-state index contributed by atoms with van der Waals surface area (Å²) in [5.74, 6) is 2.72. The molecule has 2 rings (SSSR count). The average molecular weight is 243 g/mol. The number of piperidine rings is 1.